The molecule has 4 nitrogen and oxygen atoms in total. The molecule has 0 saturated heterocycles. The maximum atomic E-state index is 13.4. The first-order chi connectivity index (χ1) is 8.65. The Bertz CT molecular complexity index is 681. The van der Waals surface area contributed by atoms with E-state index in [9.17, 15) is 9.50 Å². The number of para-hydroxylation sites is 2. The number of phenolic OH excluding ortho intramolecular Hbond substituents is 1. The summed E-state index contributed by atoms with van der Waals surface area (Å²) in [6.07, 6.45) is 0. The van der Waals surface area contributed by atoms with Gasteiger partial charge in [0.2, 0.25) is 5.89 Å². The molecule has 1 aromatic heterocycles. The normalized spacial score (nSPS) is 10.9. The van der Waals surface area contributed by atoms with Crippen LogP contribution in [0.25, 0.3) is 22.6 Å². The Kier molecular flexibility index (Phi) is 2.19. The Hall–Kier alpha value is -2.56. The van der Waals surface area contributed by atoms with Crippen molar-refractivity contribution < 1.29 is 13.9 Å². The summed E-state index contributed by atoms with van der Waals surface area (Å²) in [6.45, 7) is 0. The first-order valence-electron chi connectivity index (χ1n) is 5.29. The fourth-order valence-corrected chi connectivity index (χ4v) is 1.72. The average Bonchev–Trinajstić information content (AvgIpc) is 2.79. The molecule has 90 valence electrons. The molecule has 1 heterocycles. The second kappa shape index (κ2) is 3.73. The highest BCUT2D eigenvalue weighted by molar-refractivity contribution is 5.76. The lowest BCUT2D eigenvalue weighted by molar-refractivity contribution is 0.472. The first kappa shape index (κ1) is 10.6. The maximum Gasteiger partial charge on any atom is 0.227 e. The predicted molar refractivity (Wildman–Crippen MR) is 65.5 cm³/mol. The van der Waals surface area contributed by atoms with Crippen molar-refractivity contribution in [2.75, 3.05) is 5.73 Å². The number of hydrogen-bond acceptors (Lipinski definition) is 4. The van der Waals surface area contributed by atoms with Gasteiger partial charge in [-0.3, -0.25) is 0 Å². The Morgan fingerprint density at radius 3 is 2.72 bits per heavy atom. The van der Waals surface area contributed by atoms with Crippen LogP contribution in [0.1, 0.15) is 0 Å². The zero-order valence-electron chi connectivity index (χ0n) is 9.22. The molecular weight excluding hydrogens is 235 g/mol. The number of rotatable bonds is 1. The minimum absolute atomic E-state index is 0.241. The number of anilines is 1. The van der Waals surface area contributed by atoms with E-state index >= 15 is 0 Å². The van der Waals surface area contributed by atoms with Gasteiger partial charge in [-0.05, 0) is 24.3 Å². The van der Waals surface area contributed by atoms with Crippen LogP contribution < -0.4 is 5.73 Å². The number of nitrogens with two attached hydrogens (primary N) is 1. The third-order valence-corrected chi connectivity index (χ3v) is 2.65. The number of hydrogen-bond donors (Lipinski definition) is 2. The van der Waals surface area contributed by atoms with E-state index in [-0.39, 0.29) is 17.3 Å². The number of oxazole rings is 1. The summed E-state index contributed by atoms with van der Waals surface area (Å²) in [6, 6.07) is 9.70. The summed E-state index contributed by atoms with van der Waals surface area (Å²) < 4.78 is 18.9. The molecule has 2 aromatic carbocycles. The van der Waals surface area contributed by atoms with Crippen LogP contribution in [0.3, 0.4) is 0 Å². The summed E-state index contributed by atoms with van der Waals surface area (Å²) in [5, 5.41) is 9.48. The smallest absolute Gasteiger partial charge is 0.227 e. The molecule has 0 fully saturated rings. The van der Waals surface area contributed by atoms with Gasteiger partial charge < -0.3 is 15.3 Å². The molecule has 0 aliphatic rings. The van der Waals surface area contributed by atoms with Crippen molar-refractivity contribution in [3.8, 4) is 17.2 Å². The molecule has 0 amide bonds. The van der Waals surface area contributed by atoms with E-state index in [1.165, 1.54) is 12.1 Å². The first-order valence-corrected chi connectivity index (χ1v) is 5.29. The number of phenols is 1. The van der Waals surface area contributed by atoms with E-state index in [0.29, 0.717) is 16.7 Å². The van der Waals surface area contributed by atoms with E-state index in [2.05, 4.69) is 4.98 Å². The quantitative estimate of drug-likeness (QED) is 0.510. The number of nitrogen functional groups attached to an aromatic ring is 1. The fraction of sp³-hybridized carbons (Fsp3) is 0. The molecule has 18 heavy (non-hydrogen) atoms. The van der Waals surface area contributed by atoms with Gasteiger partial charge in [-0.2, -0.15) is 0 Å². The van der Waals surface area contributed by atoms with Crippen LogP contribution in [0, 0.1) is 5.82 Å². The summed E-state index contributed by atoms with van der Waals surface area (Å²) in [5.41, 5.74) is 6.66. The van der Waals surface area contributed by atoms with Crippen molar-refractivity contribution in [1.29, 1.82) is 0 Å². The molecular formula is C13H9FN2O2. The van der Waals surface area contributed by atoms with Gasteiger partial charge in [-0.1, -0.05) is 12.1 Å². The number of halogens is 1. The van der Waals surface area contributed by atoms with Gasteiger partial charge >= 0.3 is 0 Å². The van der Waals surface area contributed by atoms with E-state index in [1.54, 1.807) is 12.1 Å². The zero-order valence-corrected chi connectivity index (χ0v) is 9.22. The van der Waals surface area contributed by atoms with Gasteiger partial charge in [0, 0.05) is 5.56 Å². The lowest BCUT2D eigenvalue weighted by atomic mass is 10.2. The van der Waals surface area contributed by atoms with Gasteiger partial charge in [-0.25, -0.2) is 9.37 Å². The number of nitrogens with zero attached hydrogens (tertiary/aromatic N) is 1. The summed E-state index contributed by atoms with van der Waals surface area (Å²) in [7, 11) is 0. The van der Waals surface area contributed by atoms with Crippen LogP contribution in [-0.2, 0) is 0 Å². The Morgan fingerprint density at radius 1 is 1.22 bits per heavy atom. The van der Waals surface area contributed by atoms with Crippen molar-refractivity contribution in [1.82, 2.24) is 4.98 Å². The highest BCUT2D eigenvalue weighted by Crippen LogP contribution is 2.31. The molecule has 0 aliphatic heterocycles. The van der Waals surface area contributed by atoms with E-state index in [0.717, 1.165) is 0 Å². The summed E-state index contributed by atoms with van der Waals surface area (Å²) >= 11 is 0. The third-order valence-electron chi connectivity index (χ3n) is 2.65. The number of fused-ring (bicyclic) bond motifs is 1. The molecule has 5 heteroatoms. The number of aromatic hydroxyl groups is 1. The minimum atomic E-state index is -0.702. The third kappa shape index (κ3) is 1.57. The Morgan fingerprint density at radius 2 is 2.00 bits per heavy atom. The van der Waals surface area contributed by atoms with Crippen LogP contribution in [0.5, 0.6) is 5.75 Å². The lowest BCUT2D eigenvalue weighted by Gasteiger charge is -2.02. The second-order valence-electron chi connectivity index (χ2n) is 3.88. The molecule has 0 spiro atoms. The highest BCUT2D eigenvalue weighted by Gasteiger charge is 2.13. The number of aromatic nitrogens is 1. The van der Waals surface area contributed by atoms with Gasteiger partial charge in [0.05, 0.1) is 0 Å². The van der Waals surface area contributed by atoms with E-state index < -0.39 is 5.82 Å². The van der Waals surface area contributed by atoms with Crippen LogP contribution >= 0.6 is 0 Å². The van der Waals surface area contributed by atoms with Gasteiger partial charge in [0.1, 0.15) is 17.0 Å². The van der Waals surface area contributed by atoms with E-state index in [1.807, 2.05) is 12.1 Å². The molecule has 3 N–H and O–H groups in total. The Balaban J connectivity index is 2.20. The molecule has 0 bridgehead atoms. The van der Waals surface area contributed by atoms with Crippen LogP contribution in [0.15, 0.2) is 40.8 Å². The van der Waals surface area contributed by atoms with Crippen LogP contribution in [-0.4, -0.2) is 10.1 Å². The topological polar surface area (TPSA) is 72.3 Å². The van der Waals surface area contributed by atoms with Gasteiger partial charge in [-0.15, -0.1) is 0 Å². The van der Waals surface area contributed by atoms with Gasteiger partial charge in [0.25, 0.3) is 0 Å². The van der Waals surface area contributed by atoms with Crippen molar-refractivity contribution in [3.05, 3.63) is 42.2 Å². The van der Waals surface area contributed by atoms with E-state index in [4.69, 9.17) is 10.2 Å². The molecule has 0 radical (unpaired) electrons. The van der Waals surface area contributed by atoms with Crippen molar-refractivity contribution in [2.24, 2.45) is 0 Å². The average molecular weight is 244 g/mol. The van der Waals surface area contributed by atoms with Crippen molar-refractivity contribution >= 4 is 16.8 Å². The predicted octanol–water partition coefficient (Wildman–Crippen LogP) is 2.92. The molecule has 0 unspecified atom stereocenters. The summed E-state index contributed by atoms with van der Waals surface area (Å²) in [5.74, 6) is -0.787. The standard InChI is InChI=1S/C13H9FN2O2/c14-8-5-7(6-10(17)12(8)15)13-16-9-3-1-2-4-11(9)18-13/h1-6,17H,15H2. The van der Waals surface area contributed by atoms with Gasteiger partial charge in [0.15, 0.2) is 11.4 Å². The summed E-state index contributed by atoms with van der Waals surface area (Å²) in [4.78, 5) is 4.21. The van der Waals surface area contributed by atoms with Crippen LogP contribution in [0.4, 0.5) is 10.1 Å². The van der Waals surface area contributed by atoms with Crippen LogP contribution in [0.2, 0.25) is 0 Å². The minimum Gasteiger partial charge on any atom is -0.506 e. The zero-order chi connectivity index (χ0) is 12.7. The number of benzene rings is 2. The molecule has 0 atom stereocenters. The van der Waals surface area contributed by atoms with Crippen molar-refractivity contribution in [2.45, 2.75) is 0 Å². The fourth-order valence-electron chi connectivity index (χ4n) is 1.72. The Labute approximate surface area is 101 Å². The molecule has 3 aromatic rings. The lowest BCUT2D eigenvalue weighted by Crippen LogP contribution is -1.92. The molecule has 3 rings (SSSR count). The maximum absolute atomic E-state index is 13.4. The molecule has 0 aliphatic carbocycles. The SMILES string of the molecule is Nc1c(O)cc(-c2nc3ccccc3o2)cc1F. The monoisotopic (exact) mass is 244 g/mol. The highest BCUT2D eigenvalue weighted by atomic mass is 19.1. The largest absolute Gasteiger partial charge is 0.506 e. The molecule has 0 saturated carbocycles. The van der Waals surface area contributed by atoms with Crippen molar-refractivity contribution in [3.63, 3.8) is 0 Å². The second-order valence-corrected chi connectivity index (χ2v) is 3.88.